The number of carbonyl (C=O) groups is 1. The summed E-state index contributed by atoms with van der Waals surface area (Å²) in [7, 11) is 0. The highest BCUT2D eigenvalue weighted by Crippen LogP contribution is 2.29. The van der Waals surface area contributed by atoms with Crippen LogP contribution in [0.1, 0.15) is 34.5 Å². The molecule has 1 saturated carbocycles. The van der Waals surface area contributed by atoms with E-state index in [0.717, 1.165) is 18.8 Å². The summed E-state index contributed by atoms with van der Waals surface area (Å²) in [6, 6.07) is 12.1. The number of hydrogen-bond acceptors (Lipinski definition) is 4. The SMILES string of the molecule is NNC(=O)c1ccc(CN(Cc2ccco2)C2CC2)cc1. The van der Waals surface area contributed by atoms with Crippen molar-refractivity contribution in [2.24, 2.45) is 5.84 Å². The van der Waals surface area contributed by atoms with Gasteiger partial charge in [-0.25, -0.2) is 5.84 Å². The van der Waals surface area contributed by atoms with E-state index in [1.807, 2.05) is 24.3 Å². The lowest BCUT2D eigenvalue weighted by Gasteiger charge is -2.21. The molecule has 1 aliphatic carbocycles. The van der Waals surface area contributed by atoms with Crippen LogP contribution in [0.15, 0.2) is 47.1 Å². The lowest BCUT2D eigenvalue weighted by atomic mass is 10.1. The molecule has 1 amide bonds. The van der Waals surface area contributed by atoms with E-state index in [9.17, 15) is 4.79 Å². The molecule has 0 atom stereocenters. The molecule has 21 heavy (non-hydrogen) atoms. The van der Waals surface area contributed by atoms with E-state index in [4.69, 9.17) is 10.3 Å². The Balaban J connectivity index is 1.66. The van der Waals surface area contributed by atoms with E-state index in [1.54, 1.807) is 18.4 Å². The molecule has 0 aliphatic heterocycles. The topological polar surface area (TPSA) is 71.5 Å². The molecule has 5 heteroatoms. The molecular formula is C16H19N3O2. The molecule has 3 rings (SSSR count). The van der Waals surface area contributed by atoms with Crippen molar-refractivity contribution in [3.63, 3.8) is 0 Å². The zero-order valence-corrected chi connectivity index (χ0v) is 11.8. The van der Waals surface area contributed by atoms with Gasteiger partial charge in [0.2, 0.25) is 0 Å². The molecule has 1 heterocycles. The quantitative estimate of drug-likeness (QED) is 0.484. The fraction of sp³-hybridized carbons (Fsp3) is 0.312. The van der Waals surface area contributed by atoms with Crippen LogP contribution >= 0.6 is 0 Å². The van der Waals surface area contributed by atoms with Crippen LogP contribution in [0.5, 0.6) is 0 Å². The molecule has 0 spiro atoms. The van der Waals surface area contributed by atoms with Crippen molar-refractivity contribution >= 4 is 5.91 Å². The van der Waals surface area contributed by atoms with Crippen LogP contribution < -0.4 is 11.3 Å². The second kappa shape index (κ2) is 6.11. The lowest BCUT2D eigenvalue weighted by Crippen LogP contribution is -2.30. The first-order chi connectivity index (χ1) is 10.3. The van der Waals surface area contributed by atoms with Crippen molar-refractivity contribution in [2.45, 2.75) is 32.0 Å². The Morgan fingerprint density at radius 2 is 2.00 bits per heavy atom. The number of furan rings is 1. The van der Waals surface area contributed by atoms with Crippen molar-refractivity contribution in [1.82, 2.24) is 10.3 Å². The van der Waals surface area contributed by atoms with Gasteiger partial charge in [0.25, 0.3) is 5.91 Å². The van der Waals surface area contributed by atoms with Crippen LogP contribution in [-0.4, -0.2) is 16.8 Å². The lowest BCUT2D eigenvalue weighted by molar-refractivity contribution is 0.0953. The van der Waals surface area contributed by atoms with Gasteiger partial charge in [-0.05, 0) is 42.7 Å². The Labute approximate surface area is 123 Å². The Hall–Kier alpha value is -2.11. The van der Waals surface area contributed by atoms with E-state index < -0.39 is 0 Å². The van der Waals surface area contributed by atoms with Crippen LogP contribution in [0.4, 0.5) is 0 Å². The second-order valence-electron chi connectivity index (χ2n) is 5.39. The monoisotopic (exact) mass is 285 g/mol. The average Bonchev–Trinajstić information content (AvgIpc) is 3.24. The van der Waals surface area contributed by atoms with Gasteiger partial charge in [-0.1, -0.05) is 12.1 Å². The number of amides is 1. The zero-order valence-electron chi connectivity index (χ0n) is 11.8. The normalized spacial score (nSPS) is 14.4. The van der Waals surface area contributed by atoms with Crippen LogP contribution in [0.2, 0.25) is 0 Å². The molecule has 0 radical (unpaired) electrons. The van der Waals surface area contributed by atoms with E-state index in [1.165, 1.54) is 18.4 Å². The number of hydrazine groups is 1. The van der Waals surface area contributed by atoms with Crippen molar-refractivity contribution in [1.29, 1.82) is 0 Å². The number of rotatable bonds is 6. The van der Waals surface area contributed by atoms with E-state index >= 15 is 0 Å². The van der Waals surface area contributed by atoms with Gasteiger partial charge in [0.05, 0.1) is 12.8 Å². The summed E-state index contributed by atoms with van der Waals surface area (Å²) in [5.41, 5.74) is 3.89. The largest absolute Gasteiger partial charge is 0.468 e. The fourth-order valence-electron chi connectivity index (χ4n) is 2.44. The molecule has 3 N–H and O–H groups in total. The van der Waals surface area contributed by atoms with Crippen molar-refractivity contribution in [3.8, 4) is 0 Å². The summed E-state index contributed by atoms with van der Waals surface area (Å²) >= 11 is 0. The number of carbonyl (C=O) groups excluding carboxylic acids is 1. The molecule has 1 fully saturated rings. The molecule has 1 aromatic heterocycles. The van der Waals surface area contributed by atoms with Gasteiger partial charge in [0.15, 0.2) is 0 Å². The van der Waals surface area contributed by atoms with Gasteiger partial charge < -0.3 is 4.42 Å². The van der Waals surface area contributed by atoms with Crippen LogP contribution in [0.3, 0.4) is 0 Å². The minimum absolute atomic E-state index is 0.267. The third kappa shape index (κ3) is 3.51. The standard InChI is InChI=1S/C16H19N3O2/c17-18-16(20)13-5-3-12(4-6-13)10-19(14-7-8-14)11-15-2-1-9-21-15/h1-6,9,14H,7-8,10-11,17H2,(H,18,20). The summed E-state index contributed by atoms with van der Waals surface area (Å²) < 4.78 is 5.44. The predicted octanol–water partition coefficient (Wildman–Crippen LogP) is 2.05. The molecule has 0 bridgehead atoms. The molecule has 0 unspecified atom stereocenters. The number of nitrogens with one attached hydrogen (secondary N) is 1. The van der Waals surface area contributed by atoms with Gasteiger partial charge >= 0.3 is 0 Å². The molecule has 1 aliphatic rings. The summed E-state index contributed by atoms with van der Waals surface area (Å²) in [6.07, 6.45) is 4.20. The summed E-state index contributed by atoms with van der Waals surface area (Å²) in [6.45, 7) is 1.68. The Morgan fingerprint density at radius 1 is 1.24 bits per heavy atom. The highest BCUT2D eigenvalue weighted by Gasteiger charge is 2.29. The van der Waals surface area contributed by atoms with Gasteiger partial charge in [-0.3, -0.25) is 15.1 Å². The highest BCUT2D eigenvalue weighted by atomic mass is 16.3. The Morgan fingerprint density at radius 3 is 2.57 bits per heavy atom. The molecule has 5 nitrogen and oxygen atoms in total. The van der Waals surface area contributed by atoms with E-state index in [2.05, 4.69) is 10.3 Å². The first-order valence-corrected chi connectivity index (χ1v) is 7.12. The zero-order chi connectivity index (χ0) is 14.7. The number of hydrogen-bond donors (Lipinski definition) is 2. The number of nitrogen functional groups attached to an aromatic ring is 1. The Bertz CT molecular complexity index is 588. The predicted molar refractivity (Wildman–Crippen MR) is 79.1 cm³/mol. The molecule has 110 valence electrons. The number of benzene rings is 1. The summed E-state index contributed by atoms with van der Waals surface area (Å²) in [5.74, 6) is 5.85. The minimum atomic E-state index is -0.267. The van der Waals surface area contributed by atoms with Crippen LogP contribution in [-0.2, 0) is 13.1 Å². The minimum Gasteiger partial charge on any atom is -0.468 e. The van der Waals surface area contributed by atoms with E-state index in [0.29, 0.717) is 11.6 Å². The first kappa shape index (κ1) is 13.9. The van der Waals surface area contributed by atoms with Gasteiger partial charge in [-0.2, -0.15) is 0 Å². The third-order valence-electron chi connectivity index (χ3n) is 3.74. The summed E-state index contributed by atoms with van der Waals surface area (Å²) in [4.78, 5) is 13.8. The third-order valence-corrected chi connectivity index (χ3v) is 3.74. The maximum Gasteiger partial charge on any atom is 0.265 e. The fourth-order valence-corrected chi connectivity index (χ4v) is 2.44. The molecular weight excluding hydrogens is 266 g/mol. The first-order valence-electron chi connectivity index (χ1n) is 7.12. The summed E-state index contributed by atoms with van der Waals surface area (Å²) in [5, 5.41) is 0. The van der Waals surface area contributed by atoms with Gasteiger partial charge in [-0.15, -0.1) is 0 Å². The number of nitrogens with zero attached hydrogens (tertiary/aromatic N) is 1. The smallest absolute Gasteiger partial charge is 0.265 e. The second-order valence-corrected chi connectivity index (χ2v) is 5.39. The van der Waals surface area contributed by atoms with Crippen LogP contribution in [0, 0.1) is 0 Å². The van der Waals surface area contributed by atoms with Crippen molar-refractivity contribution in [3.05, 3.63) is 59.5 Å². The molecule has 0 saturated heterocycles. The van der Waals surface area contributed by atoms with Gasteiger partial charge in [0, 0.05) is 18.2 Å². The van der Waals surface area contributed by atoms with E-state index in [-0.39, 0.29) is 5.91 Å². The average molecular weight is 285 g/mol. The Kier molecular flexibility index (Phi) is 4.03. The molecule has 1 aromatic carbocycles. The number of nitrogens with two attached hydrogens (primary N) is 1. The van der Waals surface area contributed by atoms with Crippen molar-refractivity contribution in [2.75, 3.05) is 0 Å². The van der Waals surface area contributed by atoms with Crippen molar-refractivity contribution < 1.29 is 9.21 Å². The molecule has 2 aromatic rings. The van der Waals surface area contributed by atoms with Crippen LogP contribution in [0.25, 0.3) is 0 Å². The highest BCUT2D eigenvalue weighted by molar-refractivity contribution is 5.93. The van der Waals surface area contributed by atoms with Gasteiger partial charge in [0.1, 0.15) is 5.76 Å². The maximum atomic E-state index is 11.4. The maximum absolute atomic E-state index is 11.4.